The second kappa shape index (κ2) is 10.6. The van der Waals surface area contributed by atoms with Gasteiger partial charge in [-0.3, -0.25) is 14.9 Å². The highest BCUT2D eigenvalue weighted by Crippen LogP contribution is 2.32. The Morgan fingerprint density at radius 3 is 2.24 bits per heavy atom. The number of hydrogen-bond acceptors (Lipinski definition) is 5. The van der Waals surface area contributed by atoms with Gasteiger partial charge < -0.3 is 14.5 Å². The number of alkyl carbamates (subject to hydrolysis) is 1. The first-order chi connectivity index (χ1) is 17.5. The molecule has 1 fully saturated rings. The van der Waals surface area contributed by atoms with Gasteiger partial charge in [0.2, 0.25) is 5.91 Å². The lowest BCUT2D eigenvalue weighted by molar-refractivity contribution is -0.124. The number of nitrogens with one attached hydrogen (secondary N) is 1. The van der Waals surface area contributed by atoms with E-state index < -0.39 is 11.7 Å². The van der Waals surface area contributed by atoms with E-state index in [0.29, 0.717) is 22.7 Å². The summed E-state index contributed by atoms with van der Waals surface area (Å²) in [6.45, 7) is 6.99. The van der Waals surface area contributed by atoms with Crippen molar-refractivity contribution >= 4 is 35.5 Å². The maximum Gasteiger partial charge on any atom is 0.413 e. The van der Waals surface area contributed by atoms with Gasteiger partial charge in [0.25, 0.3) is 5.91 Å². The van der Waals surface area contributed by atoms with Crippen molar-refractivity contribution in [2.24, 2.45) is 4.99 Å². The van der Waals surface area contributed by atoms with Crippen LogP contribution in [0.25, 0.3) is 17.2 Å². The molecule has 0 radical (unpaired) electrons. The molecule has 37 heavy (non-hydrogen) atoms. The van der Waals surface area contributed by atoms with Crippen molar-refractivity contribution in [3.8, 4) is 11.1 Å². The lowest BCUT2D eigenvalue weighted by Gasteiger charge is -2.20. The molecule has 2 aromatic rings. The Bertz CT molecular complexity index is 1260. The number of hydrogen-bond donors (Lipinski definition) is 1. The highest BCUT2D eigenvalue weighted by molar-refractivity contribution is 6.08. The van der Waals surface area contributed by atoms with Crippen molar-refractivity contribution in [3.63, 3.8) is 0 Å². The molecular formula is C29H34N4O4. The molecule has 1 N–H and O–H groups in total. The summed E-state index contributed by atoms with van der Waals surface area (Å²) in [6.07, 6.45) is 3.48. The van der Waals surface area contributed by atoms with Gasteiger partial charge in [-0.15, -0.1) is 0 Å². The summed E-state index contributed by atoms with van der Waals surface area (Å²) in [5.41, 5.74) is 3.82. The third-order valence-corrected chi connectivity index (χ3v) is 6.16. The zero-order chi connectivity index (χ0) is 26.7. The van der Waals surface area contributed by atoms with Crippen LogP contribution < -0.4 is 5.32 Å². The molecule has 8 nitrogen and oxygen atoms in total. The van der Waals surface area contributed by atoms with Crippen LogP contribution in [0.15, 0.2) is 53.0 Å². The fourth-order valence-corrected chi connectivity index (χ4v) is 4.38. The van der Waals surface area contributed by atoms with E-state index in [2.05, 4.69) is 10.3 Å². The Morgan fingerprint density at radius 2 is 1.62 bits per heavy atom. The van der Waals surface area contributed by atoms with Gasteiger partial charge in [0.15, 0.2) is 0 Å². The molecule has 8 heteroatoms. The number of amidine groups is 1. The Morgan fingerprint density at radius 1 is 0.973 bits per heavy atom. The number of fused-ring (bicyclic) bond motifs is 1. The molecule has 2 aliphatic heterocycles. The molecule has 0 aliphatic carbocycles. The van der Waals surface area contributed by atoms with Crippen molar-refractivity contribution in [1.82, 2.24) is 15.1 Å². The first kappa shape index (κ1) is 26.1. The zero-order valence-electron chi connectivity index (χ0n) is 22.1. The SMILES string of the molecule is CN(C)C(=O)C1=Cc2cc(-c3ccc(C(=O)N4CCCC4)cc3)ccc2N=C(NC(=O)OC(C)(C)C)C1. The third kappa shape index (κ3) is 6.44. The molecular weight excluding hydrogens is 468 g/mol. The lowest BCUT2D eigenvalue weighted by atomic mass is 9.99. The molecule has 1 saturated heterocycles. The molecule has 0 atom stereocenters. The van der Waals surface area contributed by atoms with Crippen LogP contribution in [0.3, 0.4) is 0 Å². The van der Waals surface area contributed by atoms with Crippen LogP contribution >= 0.6 is 0 Å². The summed E-state index contributed by atoms with van der Waals surface area (Å²) in [4.78, 5) is 46.1. The number of likely N-dealkylation sites (N-methyl/N-ethyl adjacent to an activating group) is 1. The van der Waals surface area contributed by atoms with Gasteiger partial charge in [-0.05, 0) is 75.1 Å². The van der Waals surface area contributed by atoms with Gasteiger partial charge in [-0.1, -0.05) is 18.2 Å². The Kier molecular flexibility index (Phi) is 7.47. The average Bonchev–Trinajstić information content (AvgIpc) is 3.31. The Labute approximate surface area is 218 Å². The number of amides is 3. The minimum Gasteiger partial charge on any atom is -0.444 e. The predicted octanol–water partition coefficient (Wildman–Crippen LogP) is 5.02. The number of carbonyl (C=O) groups is 3. The van der Waals surface area contributed by atoms with Crippen molar-refractivity contribution < 1.29 is 19.1 Å². The number of aliphatic imine (C=N–C) groups is 1. The smallest absolute Gasteiger partial charge is 0.413 e. The van der Waals surface area contributed by atoms with Crippen molar-refractivity contribution in [2.75, 3.05) is 27.2 Å². The van der Waals surface area contributed by atoms with Crippen LogP contribution in [0.2, 0.25) is 0 Å². The van der Waals surface area contributed by atoms with Crippen LogP contribution in [0.5, 0.6) is 0 Å². The van der Waals surface area contributed by atoms with E-state index in [1.807, 2.05) is 53.4 Å². The Hall–Kier alpha value is -3.94. The molecule has 0 bridgehead atoms. The molecule has 0 spiro atoms. The summed E-state index contributed by atoms with van der Waals surface area (Å²) < 4.78 is 5.38. The molecule has 0 aromatic heterocycles. The summed E-state index contributed by atoms with van der Waals surface area (Å²) >= 11 is 0. The second-order valence-electron chi connectivity index (χ2n) is 10.6. The van der Waals surface area contributed by atoms with Gasteiger partial charge in [-0.2, -0.15) is 0 Å². The van der Waals surface area contributed by atoms with Crippen LogP contribution in [0.4, 0.5) is 10.5 Å². The van der Waals surface area contributed by atoms with E-state index in [4.69, 9.17) is 4.74 Å². The number of likely N-dealkylation sites (tertiary alicyclic amines) is 1. The zero-order valence-corrected chi connectivity index (χ0v) is 22.1. The fourth-order valence-electron chi connectivity index (χ4n) is 4.38. The minimum absolute atomic E-state index is 0.0695. The fraction of sp³-hybridized carbons (Fsp3) is 0.379. The van der Waals surface area contributed by atoms with Gasteiger partial charge in [0, 0.05) is 50.3 Å². The Balaban J connectivity index is 1.64. The molecule has 3 amide bonds. The van der Waals surface area contributed by atoms with E-state index in [9.17, 15) is 14.4 Å². The number of carbonyl (C=O) groups excluding carboxylic acids is 3. The van der Waals surface area contributed by atoms with E-state index >= 15 is 0 Å². The third-order valence-electron chi connectivity index (χ3n) is 6.16. The van der Waals surface area contributed by atoms with Crippen LogP contribution in [0.1, 0.15) is 56.0 Å². The molecule has 2 aromatic carbocycles. The summed E-state index contributed by atoms with van der Waals surface area (Å²) in [5.74, 6) is 0.244. The molecule has 0 unspecified atom stereocenters. The molecule has 0 saturated carbocycles. The van der Waals surface area contributed by atoms with Gasteiger partial charge in [-0.25, -0.2) is 9.79 Å². The minimum atomic E-state index is -0.658. The summed E-state index contributed by atoms with van der Waals surface area (Å²) in [6, 6.07) is 13.4. The average molecular weight is 503 g/mol. The second-order valence-corrected chi connectivity index (χ2v) is 10.6. The van der Waals surface area contributed by atoms with E-state index in [1.165, 1.54) is 4.90 Å². The quantitative estimate of drug-likeness (QED) is 0.638. The maximum absolute atomic E-state index is 12.9. The van der Waals surface area contributed by atoms with E-state index in [1.54, 1.807) is 34.9 Å². The summed E-state index contributed by atoms with van der Waals surface area (Å²) in [5, 5.41) is 2.71. The van der Waals surface area contributed by atoms with Crippen LogP contribution in [-0.2, 0) is 9.53 Å². The van der Waals surface area contributed by atoms with Crippen LogP contribution in [0, 0.1) is 0 Å². The first-order valence-electron chi connectivity index (χ1n) is 12.5. The molecule has 2 heterocycles. The van der Waals surface area contributed by atoms with Crippen molar-refractivity contribution in [2.45, 2.75) is 45.6 Å². The van der Waals surface area contributed by atoms with Crippen LogP contribution in [-0.4, -0.2) is 66.3 Å². The predicted molar refractivity (Wildman–Crippen MR) is 145 cm³/mol. The molecule has 4 rings (SSSR count). The van der Waals surface area contributed by atoms with E-state index in [0.717, 1.165) is 42.6 Å². The topological polar surface area (TPSA) is 91.3 Å². The summed E-state index contributed by atoms with van der Waals surface area (Å²) in [7, 11) is 3.38. The molecule has 2 aliphatic rings. The number of nitrogens with zero attached hydrogens (tertiary/aromatic N) is 3. The van der Waals surface area contributed by atoms with Crippen molar-refractivity contribution in [3.05, 3.63) is 59.2 Å². The highest BCUT2D eigenvalue weighted by atomic mass is 16.6. The normalized spacial score (nSPS) is 15.2. The first-order valence-corrected chi connectivity index (χ1v) is 12.5. The number of ether oxygens (including phenoxy) is 1. The number of benzene rings is 2. The van der Waals surface area contributed by atoms with Gasteiger partial charge in [0.1, 0.15) is 11.4 Å². The number of rotatable bonds is 3. The maximum atomic E-state index is 12.9. The lowest BCUT2D eigenvalue weighted by Crippen LogP contribution is -2.37. The van der Waals surface area contributed by atoms with Gasteiger partial charge in [0.05, 0.1) is 5.69 Å². The van der Waals surface area contributed by atoms with Gasteiger partial charge >= 0.3 is 6.09 Å². The molecule has 194 valence electrons. The largest absolute Gasteiger partial charge is 0.444 e. The highest BCUT2D eigenvalue weighted by Gasteiger charge is 2.23. The van der Waals surface area contributed by atoms with E-state index in [-0.39, 0.29) is 18.2 Å². The monoisotopic (exact) mass is 502 g/mol. The van der Waals surface area contributed by atoms with Crippen molar-refractivity contribution in [1.29, 1.82) is 0 Å². The standard InChI is InChI=1S/C29H34N4O4/c1-29(2,3)37-28(36)31-25-18-23(26(34)32(4)5)17-22-16-21(12-13-24(22)30-25)19-8-10-20(11-9-19)27(35)33-14-6-7-15-33/h8-13,16-17H,6-7,14-15,18H2,1-5H3,(H,30,31,36).